The average Bonchev–Trinajstić information content (AvgIpc) is 2.95. The number of amides is 2. The zero-order valence-electron chi connectivity index (χ0n) is 14.6. The molecule has 2 amide bonds. The van der Waals surface area contributed by atoms with Crippen LogP contribution in [-0.4, -0.2) is 41.6 Å². The number of anilines is 1. The zero-order valence-corrected chi connectivity index (χ0v) is 14.6. The number of urea groups is 1. The zero-order chi connectivity index (χ0) is 17.6. The first-order valence-corrected chi connectivity index (χ1v) is 8.29. The third kappa shape index (κ3) is 4.49. The van der Waals surface area contributed by atoms with Crippen molar-refractivity contribution >= 4 is 22.6 Å². The molecule has 0 radical (unpaired) electrons. The molecule has 0 bridgehead atoms. The molecule has 0 aliphatic heterocycles. The summed E-state index contributed by atoms with van der Waals surface area (Å²) in [6.45, 7) is 5.17. The molecule has 6 heteroatoms. The number of methoxy groups -OCH3 is 1. The summed E-state index contributed by atoms with van der Waals surface area (Å²) in [5.41, 5.74) is 1.15. The molecule has 6 nitrogen and oxygen atoms in total. The van der Waals surface area contributed by atoms with Crippen molar-refractivity contribution in [2.75, 3.05) is 25.6 Å². The monoisotopic (exact) mass is 333 g/mol. The lowest BCUT2D eigenvalue weighted by Crippen LogP contribution is -2.50. The number of hydrogen-bond acceptors (Lipinski definition) is 3. The fourth-order valence-corrected chi connectivity index (χ4v) is 2.82. The smallest absolute Gasteiger partial charge is 0.319 e. The number of fused-ring (bicyclic) bond motifs is 1. The van der Waals surface area contributed by atoms with Crippen LogP contribution in [0.4, 0.5) is 10.5 Å². The first kappa shape index (κ1) is 18.3. The van der Waals surface area contributed by atoms with Crippen LogP contribution < -0.4 is 10.6 Å². The molecule has 24 heavy (non-hydrogen) atoms. The number of benzene rings is 1. The molecule has 0 saturated heterocycles. The van der Waals surface area contributed by atoms with Crippen molar-refractivity contribution in [3.63, 3.8) is 0 Å². The second kappa shape index (κ2) is 8.17. The van der Waals surface area contributed by atoms with Gasteiger partial charge in [-0.3, -0.25) is 0 Å². The van der Waals surface area contributed by atoms with E-state index in [1.165, 1.54) is 0 Å². The van der Waals surface area contributed by atoms with E-state index in [2.05, 4.69) is 15.2 Å². The molecule has 1 atom stereocenters. The molecule has 0 spiro atoms. The first-order valence-electron chi connectivity index (χ1n) is 8.29. The fraction of sp³-hybridized carbons (Fsp3) is 0.500. The summed E-state index contributed by atoms with van der Waals surface area (Å²) in [6, 6.07) is 7.53. The Bertz CT molecular complexity index is 683. The van der Waals surface area contributed by atoms with Crippen LogP contribution in [0.25, 0.3) is 10.9 Å². The number of hydrogen-bond donors (Lipinski definition) is 3. The van der Waals surface area contributed by atoms with Crippen LogP contribution >= 0.6 is 0 Å². The van der Waals surface area contributed by atoms with Crippen LogP contribution in [0, 0.1) is 0 Å². The number of carbonyl (C=O) groups is 1. The van der Waals surface area contributed by atoms with Crippen molar-refractivity contribution in [3.8, 4) is 0 Å². The van der Waals surface area contributed by atoms with E-state index in [-0.39, 0.29) is 12.6 Å². The molecule has 1 heterocycles. The first-order chi connectivity index (χ1) is 11.5. The van der Waals surface area contributed by atoms with Crippen molar-refractivity contribution < 1.29 is 14.6 Å². The maximum absolute atomic E-state index is 12.2. The van der Waals surface area contributed by atoms with Crippen molar-refractivity contribution in [2.45, 2.75) is 38.8 Å². The van der Waals surface area contributed by atoms with E-state index >= 15 is 0 Å². The number of aliphatic hydroxyl groups excluding tert-OH is 1. The summed E-state index contributed by atoms with van der Waals surface area (Å²) in [4.78, 5) is 12.2. The Labute approximate surface area is 142 Å². The number of aliphatic hydroxyl groups is 1. The summed E-state index contributed by atoms with van der Waals surface area (Å²) in [7, 11) is 1.68. The van der Waals surface area contributed by atoms with Gasteiger partial charge in [0.05, 0.1) is 24.3 Å². The largest absolute Gasteiger partial charge is 0.394 e. The van der Waals surface area contributed by atoms with Crippen LogP contribution in [0.1, 0.15) is 26.7 Å². The van der Waals surface area contributed by atoms with E-state index in [0.717, 1.165) is 30.3 Å². The normalized spacial score (nSPS) is 13.7. The Morgan fingerprint density at radius 2 is 2.17 bits per heavy atom. The minimum absolute atomic E-state index is 0.0901. The van der Waals surface area contributed by atoms with E-state index in [0.29, 0.717) is 12.3 Å². The van der Waals surface area contributed by atoms with E-state index < -0.39 is 5.54 Å². The van der Waals surface area contributed by atoms with Gasteiger partial charge in [-0.05, 0) is 36.9 Å². The molecular weight excluding hydrogens is 306 g/mol. The van der Waals surface area contributed by atoms with E-state index in [4.69, 9.17) is 4.74 Å². The predicted octanol–water partition coefficient (Wildman–Crippen LogP) is 2.96. The fourth-order valence-electron chi connectivity index (χ4n) is 2.82. The molecular formula is C18H27N3O3. The highest BCUT2D eigenvalue weighted by Gasteiger charge is 2.24. The number of nitrogens with one attached hydrogen (secondary N) is 2. The van der Waals surface area contributed by atoms with Gasteiger partial charge in [0, 0.05) is 25.5 Å². The lowest BCUT2D eigenvalue weighted by atomic mass is 9.98. The average molecular weight is 333 g/mol. The highest BCUT2D eigenvalue weighted by atomic mass is 16.5. The summed E-state index contributed by atoms with van der Waals surface area (Å²) in [5, 5.41) is 16.3. The minimum Gasteiger partial charge on any atom is -0.394 e. The minimum atomic E-state index is -0.610. The van der Waals surface area contributed by atoms with Crippen molar-refractivity contribution in [3.05, 3.63) is 30.5 Å². The quantitative estimate of drug-likeness (QED) is 0.695. The topological polar surface area (TPSA) is 75.5 Å². The lowest BCUT2D eigenvalue weighted by Gasteiger charge is -2.28. The van der Waals surface area contributed by atoms with Crippen LogP contribution in [0.5, 0.6) is 0 Å². The Balaban J connectivity index is 2.10. The third-order valence-corrected chi connectivity index (χ3v) is 4.13. The van der Waals surface area contributed by atoms with E-state index in [1.54, 1.807) is 7.11 Å². The molecule has 1 unspecified atom stereocenters. The molecule has 1 aromatic heterocycles. The van der Waals surface area contributed by atoms with Crippen LogP contribution in [0.15, 0.2) is 30.5 Å². The number of aromatic nitrogens is 1. The molecule has 2 rings (SSSR count). The standard InChI is InChI=1S/C18H27N3O3/c1-4-8-18(2,13-22)20-17(23)19-15-6-5-14-7-9-21(10-11-24-3)16(14)12-15/h5-7,9,12,22H,4,8,10-11,13H2,1-3H3,(H2,19,20,23). The van der Waals surface area contributed by atoms with Gasteiger partial charge in [-0.1, -0.05) is 19.4 Å². The van der Waals surface area contributed by atoms with Gasteiger partial charge in [0.1, 0.15) is 0 Å². The molecule has 0 aliphatic rings. The van der Waals surface area contributed by atoms with E-state index in [9.17, 15) is 9.90 Å². The van der Waals surface area contributed by atoms with Gasteiger partial charge < -0.3 is 25.0 Å². The van der Waals surface area contributed by atoms with Gasteiger partial charge in [-0.15, -0.1) is 0 Å². The molecule has 3 N–H and O–H groups in total. The number of nitrogens with zero attached hydrogens (tertiary/aromatic N) is 1. The summed E-state index contributed by atoms with van der Waals surface area (Å²) in [6.07, 6.45) is 3.61. The molecule has 132 valence electrons. The molecule has 0 fully saturated rings. The van der Waals surface area contributed by atoms with Crippen LogP contribution in [-0.2, 0) is 11.3 Å². The van der Waals surface area contributed by atoms with Gasteiger partial charge in [0.15, 0.2) is 0 Å². The number of ether oxygens (including phenoxy) is 1. The summed E-state index contributed by atoms with van der Waals surface area (Å²) in [5.74, 6) is 0. The molecule has 0 saturated carbocycles. The molecule has 0 aliphatic carbocycles. The van der Waals surface area contributed by atoms with Gasteiger partial charge >= 0.3 is 6.03 Å². The Kier molecular flexibility index (Phi) is 6.23. The summed E-state index contributed by atoms with van der Waals surface area (Å²) < 4.78 is 7.22. The second-order valence-corrected chi connectivity index (χ2v) is 6.32. The maximum Gasteiger partial charge on any atom is 0.319 e. The Morgan fingerprint density at radius 1 is 1.38 bits per heavy atom. The Morgan fingerprint density at radius 3 is 2.83 bits per heavy atom. The van der Waals surface area contributed by atoms with Crippen LogP contribution in [0.3, 0.4) is 0 Å². The van der Waals surface area contributed by atoms with Crippen molar-refractivity contribution in [2.24, 2.45) is 0 Å². The highest BCUT2D eigenvalue weighted by Crippen LogP contribution is 2.21. The Hall–Kier alpha value is -2.05. The van der Waals surface area contributed by atoms with Crippen LogP contribution in [0.2, 0.25) is 0 Å². The number of rotatable bonds is 8. The number of carbonyl (C=O) groups excluding carboxylic acids is 1. The second-order valence-electron chi connectivity index (χ2n) is 6.32. The highest BCUT2D eigenvalue weighted by molar-refractivity contribution is 5.93. The summed E-state index contributed by atoms with van der Waals surface area (Å²) >= 11 is 0. The van der Waals surface area contributed by atoms with Gasteiger partial charge in [0.2, 0.25) is 0 Å². The third-order valence-electron chi connectivity index (χ3n) is 4.13. The van der Waals surface area contributed by atoms with Crippen molar-refractivity contribution in [1.82, 2.24) is 9.88 Å². The van der Waals surface area contributed by atoms with Gasteiger partial charge in [-0.2, -0.15) is 0 Å². The predicted molar refractivity (Wildman–Crippen MR) is 96.4 cm³/mol. The van der Waals surface area contributed by atoms with Gasteiger partial charge in [0.25, 0.3) is 0 Å². The van der Waals surface area contributed by atoms with E-state index in [1.807, 2.05) is 44.3 Å². The van der Waals surface area contributed by atoms with Gasteiger partial charge in [-0.25, -0.2) is 4.79 Å². The maximum atomic E-state index is 12.2. The molecule has 2 aromatic rings. The van der Waals surface area contributed by atoms with Crippen molar-refractivity contribution in [1.29, 1.82) is 0 Å². The lowest BCUT2D eigenvalue weighted by molar-refractivity contribution is 0.167. The molecule has 1 aromatic carbocycles. The SMILES string of the molecule is CCCC(C)(CO)NC(=O)Nc1ccc2ccn(CCOC)c2c1.